The third-order valence-corrected chi connectivity index (χ3v) is 10.0. The number of carbonyl (C=O) groups excluding carboxylic acids is 2. The van der Waals surface area contributed by atoms with Crippen molar-refractivity contribution < 1.29 is 9.59 Å². The van der Waals surface area contributed by atoms with E-state index >= 15 is 0 Å². The molecule has 2 unspecified atom stereocenters. The zero-order chi connectivity index (χ0) is 23.2. The highest BCUT2D eigenvalue weighted by atomic mass is 16.2. The van der Waals surface area contributed by atoms with E-state index in [1.54, 1.807) is 6.08 Å². The van der Waals surface area contributed by atoms with E-state index in [9.17, 15) is 9.59 Å². The first-order valence-corrected chi connectivity index (χ1v) is 13.0. The van der Waals surface area contributed by atoms with Crippen LogP contribution < -0.4 is 16.0 Å². The largest absolute Gasteiger partial charge is 0.349 e. The molecule has 5 heteroatoms. The maximum absolute atomic E-state index is 12.7. The number of carbonyl (C=O) groups is 2. The van der Waals surface area contributed by atoms with E-state index in [0.29, 0.717) is 17.3 Å². The lowest BCUT2D eigenvalue weighted by molar-refractivity contribution is -0.122. The van der Waals surface area contributed by atoms with Gasteiger partial charge in [-0.1, -0.05) is 45.0 Å². The summed E-state index contributed by atoms with van der Waals surface area (Å²) < 4.78 is 0. The molecule has 3 N–H and O–H groups in total. The van der Waals surface area contributed by atoms with Crippen LogP contribution in [0.3, 0.4) is 0 Å². The lowest BCUT2D eigenvalue weighted by Gasteiger charge is -2.59. The maximum atomic E-state index is 12.7. The second-order valence-electron chi connectivity index (χ2n) is 11.4. The Balaban J connectivity index is 1.24. The van der Waals surface area contributed by atoms with Gasteiger partial charge in [-0.05, 0) is 91.7 Å². The molecule has 1 heterocycles. The average molecular weight is 450 g/mol. The SMILES string of the molecule is CCc1ccccc1NC(=O)NCC1CC[C@H]2[C@@H]3CCC4NC(=O)C=C[C@]4(C)[C@@H]3CC[C@]12C. The van der Waals surface area contributed by atoms with E-state index in [2.05, 4.69) is 48.9 Å². The fourth-order valence-corrected chi connectivity index (χ4v) is 8.11. The Morgan fingerprint density at radius 2 is 1.91 bits per heavy atom. The van der Waals surface area contributed by atoms with Crippen molar-refractivity contribution in [1.29, 1.82) is 0 Å². The van der Waals surface area contributed by atoms with Crippen LogP contribution in [0.2, 0.25) is 0 Å². The molecular weight excluding hydrogens is 410 g/mol. The van der Waals surface area contributed by atoms with Crippen LogP contribution in [0.4, 0.5) is 10.5 Å². The topological polar surface area (TPSA) is 70.2 Å². The Morgan fingerprint density at radius 1 is 1.09 bits per heavy atom. The van der Waals surface area contributed by atoms with Gasteiger partial charge in [0, 0.05) is 23.7 Å². The highest BCUT2D eigenvalue weighted by molar-refractivity contribution is 5.90. The number of aryl methyl sites for hydroxylation is 1. The quantitative estimate of drug-likeness (QED) is 0.585. The smallest absolute Gasteiger partial charge is 0.319 e. The van der Waals surface area contributed by atoms with Crippen LogP contribution in [0.25, 0.3) is 0 Å². The van der Waals surface area contributed by atoms with Crippen molar-refractivity contribution in [3.8, 4) is 0 Å². The fourth-order valence-electron chi connectivity index (χ4n) is 8.11. The Bertz CT molecular complexity index is 958. The zero-order valence-electron chi connectivity index (χ0n) is 20.3. The van der Waals surface area contributed by atoms with E-state index in [0.717, 1.165) is 42.5 Å². The van der Waals surface area contributed by atoms with E-state index < -0.39 is 0 Å². The van der Waals surface area contributed by atoms with E-state index in [4.69, 9.17) is 0 Å². The van der Waals surface area contributed by atoms with Gasteiger partial charge in [0.15, 0.2) is 0 Å². The van der Waals surface area contributed by atoms with E-state index in [-0.39, 0.29) is 23.4 Å². The molecule has 3 fully saturated rings. The Hall–Kier alpha value is -2.30. The van der Waals surface area contributed by atoms with E-state index in [1.807, 2.05) is 18.2 Å². The van der Waals surface area contributed by atoms with Crippen molar-refractivity contribution >= 4 is 17.6 Å². The average Bonchev–Trinajstić information content (AvgIpc) is 3.15. The highest BCUT2D eigenvalue weighted by Crippen LogP contribution is 2.64. The number of hydrogen-bond donors (Lipinski definition) is 3. The molecular formula is C28H39N3O2. The molecule has 0 aromatic heterocycles. The molecule has 0 spiro atoms. The Labute approximate surface area is 198 Å². The number of amides is 3. The van der Waals surface area contributed by atoms with Crippen molar-refractivity contribution in [2.75, 3.05) is 11.9 Å². The Morgan fingerprint density at radius 3 is 2.73 bits per heavy atom. The van der Waals surface area contributed by atoms with Crippen LogP contribution in [0.15, 0.2) is 36.4 Å². The highest BCUT2D eigenvalue weighted by Gasteiger charge is 2.59. The third kappa shape index (κ3) is 3.77. The maximum Gasteiger partial charge on any atom is 0.319 e. The van der Waals surface area contributed by atoms with Gasteiger partial charge in [0.25, 0.3) is 0 Å². The number of urea groups is 1. The van der Waals surface area contributed by atoms with Crippen LogP contribution in [0.5, 0.6) is 0 Å². The Kier molecular flexibility index (Phi) is 5.78. The molecule has 5 rings (SSSR count). The molecule has 0 radical (unpaired) electrons. The lowest BCUT2D eigenvalue weighted by Crippen LogP contribution is -2.59. The second kappa shape index (κ2) is 8.48. The van der Waals surface area contributed by atoms with Crippen molar-refractivity contribution in [2.45, 2.75) is 71.8 Å². The second-order valence-corrected chi connectivity index (χ2v) is 11.4. The minimum absolute atomic E-state index is 0.0726. The summed E-state index contributed by atoms with van der Waals surface area (Å²) in [5, 5.41) is 9.52. The zero-order valence-corrected chi connectivity index (χ0v) is 20.3. The predicted octanol–water partition coefficient (Wildman–Crippen LogP) is 5.28. The van der Waals surface area contributed by atoms with Crippen molar-refractivity contribution in [2.24, 2.45) is 34.5 Å². The van der Waals surface area contributed by atoms with Gasteiger partial charge in [-0.25, -0.2) is 4.79 Å². The van der Waals surface area contributed by atoms with Crippen LogP contribution >= 0.6 is 0 Å². The summed E-state index contributed by atoms with van der Waals surface area (Å²) in [7, 11) is 0. The summed E-state index contributed by atoms with van der Waals surface area (Å²) in [6.45, 7) is 7.73. The molecule has 7 atom stereocenters. The first kappa shape index (κ1) is 22.5. The molecule has 1 aromatic carbocycles. The third-order valence-electron chi connectivity index (χ3n) is 10.0. The van der Waals surface area contributed by atoms with Gasteiger partial charge in [-0.3, -0.25) is 4.79 Å². The van der Waals surface area contributed by atoms with Gasteiger partial charge in [-0.2, -0.15) is 0 Å². The summed E-state index contributed by atoms with van der Waals surface area (Å²) >= 11 is 0. The van der Waals surface area contributed by atoms with Crippen LogP contribution in [-0.2, 0) is 11.2 Å². The molecule has 3 aliphatic carbocycles. The van der Waals surface area contributed by atoms with Gasteiger partial charge in [0.2, 0.25) is 5.91 Å². The van der Waals surface area contributed by atoms with Crippen LogP contribution in [0.1, 0.15) is 64.9 Å². The summed E-state index contributed by atoms with van der Waals surface area (Å²) in [4.78, 5) is 24.6. The van der Waals surface area contributed by atoms with Crippen molar-refractivity contribution in [3.63, 3.8) is 0 Å². The number of hydrogen-bond acceptors (Lipinski definition) is 2. The summed E-state index contributed by atoms with van der Waals surface area (Å²) in [5.74, 6) is 2.69. The predicted molar refractivity (Wildman–Crippen MR) is 132 cm³/mol. The number of rotatable bonds is 4. The van der Waals surface area contributed by atoms with Crippen molar-refractivity contribution in [3.05, 3.63) is 42.0 Å². The van der Waals surface area contributed by atoms with Crippen LogP contribution in [-0.4, -0.2) is 24.5 Å². The minimum Gasteiger partial charge on any atom is -0.349 e. The summed E-state index contributed by atoms with van der Waals surface area (Å²) in [6.07, 6.45) is 12.1. The van der Waals surface area contributed by atoms with Gasteiger partial charge in [-0.15, -0.1) is 0 Å². The number of benzene rings is 1. The molecule has 0 bridgehead atoms. The number of anilines is 1. The minimum atomic E-state index is -0.0901. The van der Waals surface area contributed by atoms with Gasteiger partial charge >= 0.3 is 6.03 Å². The molecule has 0 saturated heterocycles. The molecule has 1 aliphatic heterocycles. The number of nitrogens with one attached hydrogen (secondary N) is 3. The monoisotopic (exact) mass is 449 g/mol. The molecule has 4 aliphatic rings. The van der Waals surface area contributed by atoms with Crippen LogP contribution in [0, 0.1) is 34.5 Å². The molecule has 33 heavy (non-hydrogen) atoms. The molecule has 5 nitrogen and oxygen atoms in total. The van der Waals surface area contributed by atoms with Gasteiger partial charge in [0.05, 0.1) is 0 Å². The lowest BCUT2D eigenvalue weighted by atomic mass is 9.48. The molecule has 3 amide bonds. The summed E-state index contributed by atoms with van der Waals surface area (Å²) in [6, 6.07) is 8.23. The number of fused-ring (bicyclic) bond motifs is 5. The molecule has 1 aromatic rings. The molecule has 3 saturated carbocycles. The summed E-state index contributed by atoms with van der Waals surface area (Å²) in [5.41, 5.74) is 2.45. The first-order valence-electron chi connectivity index (χ1n) is 13.0. The standard InChI is InChI=1S/C28H39N3O2/c1-4-18-7-5-6-8-23(18)30-26(33)29-17-19-9-11-21-20-10-12-24-28(3,16-14-25(32)31-24)22(20)13-15-27(19,21)2/h5-8,14,16,19-22,24H,4,9-13,15,17H2,1-3H3,(H,31,32)(H2,29,30,33)/t19?,20-,21-,22+,24?,27+,28+/m0/s1. The van der Waals surface area contributed by atoms with E-state index in [1.165, 1.54) is 32.1 Å². The number of para-hydroxylation sites is 1. The molecule has 178 valence electrons. The van der Waals surface area contributed by atoms with Gasteiger partial charge < -0.3 is 16.0 Å². The first-order chi connectivity index (χ1) is 15.8. The fraction of sp³-hybridized carbons (Fsp3) is 0.643. The van der Waals surface area contributed by atoms with Gasteiger partial charge in [0.1, 0.15) is 0 Å². The normalized spacial score (nSPS) is 39.1. The van der Waals surface area contributed by atoms with Crippen molar-refractivity contribution in [1.82, 2.24) is 10.6 Å².